The molecule has 1 aromatic heterocycles. The van der Waals surface area contributed by atoms with Gasteiger partial charge in [-0.15, -0.1) is 10.2 Å². The smallest absolute Gasteiger partial charge is 0.233 e. The molecule has 0 radical (unpaired) electrons. The highest BCUT2D eigenvalue weighted by molar-refractivity contribution is 7.99. The van der Waals surface area contributed by atoms with E-state index in [1.54, 1.807) is 12.1 Å². The van der Waals surface area contributed by atoms with Crippen LogP contribution in [0.15, 0.2) is 29.4 Å². The zero-order chi connectivity index (χ0) is 18.0. The number of piperidine rings is 1. The van der Waals surface area contributed by atoms with Crippen LogP contribution in [0.4, 0.5) is 4.39 Å². The van der Waals surface area contributed by atoms with Crippen molar-refractivity contribution in [2.24, 2.45) is 7.05 Å². The van der Waals surface area contributed by atoms with Crippen LogP contribution in [0.5, 0.6) is 0 Å². The third kappa shape index (κ3) is 3.86. The van der Waals surface area contributed by atoms with Gasteiger partial charge in [0.25, 0.3) is 0 Å². The van der Waals surface area contributed by atoms with Crippen LogP contribution in [0.2, 0.25) is 0 Å². The maximum atomic E-state index is 13.1. The fraction of sp³-hybridized carbons (Fsp3) is 0.500. The standard InChI is InChI=1S/C18H23FN4OS/c1-12-5-4-6-13(2)23(12)16(24)11-25-18-21-20-17(22(18)3)14-7-9-15(19)10-8-14/h7-10,12-13H,4-6,11H2,1-3H3/t12-,13+. The van der Waals surface area contributed by atoms with Crippen molar-refractivity contribution in [1.82, 2.24) is 19.7 Å². The Bertz CT molecular complexity index is 736. The Hall–Kier alpha value is -1.89. The van der Waals surface area contributed by atoms with E-state index in [1.807, 2.05) is 16.5 Å². The summed E-state index contributed by atoms with van der Waals surface area (Å²) in [6.45, 7) is 4.24. The van der Waals surface area contributed by atoms with Crippen LogP contribution in [-0.2, 0) is 11.8 Å². The number of hydrogen-bond acceptors (Lipinski definition) is 4. The van der Waals surface area contributed by atoms with Gasteiger partial charge < -0.3 is 9.47 Å². The number of hydrogen-bond donors (Lipinski definition) is 0. The van der Waals surface area contributed by atoms with Crippen molar-refractivity contribution in [2.45, 2.75) is 50.4 Å². The maximum absolute atomic E-state index is 13.1. The van der Waals surface area contributed by atoms with Crippen LogP contribution >= 0.6 is 11.8 Å². The van der Waals surface area contributed by atoms with Gasteiger partial charge in [-0.3, -0.25) is 4.79 Å². The highest BCUT2D eigenvalue weighted by Crippen LogP contribution is 2.26. The van der Waals surface area contributed by atoms with Crippen LogP contribution in [0, 0.1) is 5.82 Å². The summed E-state index contributed by atoms with van der Waals surface area (Å²) in [5, 5.41) is 9.05. The molecule has 2 heterocycles. The molecule has 2 aromatic rings. The molecular weight excluding hydrogens is 339 g/mol. The summed E-state index contributed by atoms with van der Waals surface area (Å²) >= 11 is 1.40. The molecule has 0 saturated carbocycles. The van der Waals surface area contributed by atoms with E-state index in [2.05, 4.69) is 24.0 Å². The molecule has 0 spiro atoms. The van der Waals surface area contributed by atoms with E-state index in [4.69, 9.17) is 0 Å². The van der Waals surface area contributed by atoms with Crippen molar-refractivity contribution in [2.75, 3.05) is 5.75 Å². The fourth-order valence-corrected chi connectivity index (χ4v) is 4.18. The minimum atomic E-state index is -0.282. The summed E-state index contributed by atoms with van der Waals surface area (Å²) in [5.74, 6) is 0.880. The monoisotopic (exact) mass is 362 g/mol. The minimum absolute atomic E-state index is 0.149. The highest BCUT2D eigenvalue weighted by Gasteiger charge is 2.29. The second-order valence-corrected chi connectivity index (χ2v) is 7.53. The molecule has 25 heavy (non-hydrogen) atoms. The summed E-state index contributed by atoms with van der Waals surface area (Å²) in [4.78, 5) is 14.6. The van der Waals surface area contributed by atoms with E-state index in [0.29, 0.717) is 28.8 Å². The van der Waals surface area contributed by atoms with Crippen molar-refractivity contribution in [1.29, 1.82) is 0 Å². The van der Waals surface area contributed by atoms with Crippen LogP contribution in [0.1, 0.15) is 33.1 Å². The van der Waals surface area contributed by atoms with Gasteiger partial charge in [0.05, 0.1) is 5.75 Å². The summed E-state index contributed by atoms with van der Waals surface area (Å²) in [7, 11) is 1.86. The van der Waals surface area contributed by atoms with E-state index in [0.717, 1.165) is 18.4 Å². The zero-order valence-electron chi connectivity index (χ0n) is 14.8. The van der Waals surface area contributed by atoms with Gasteiger partial charge in [-0.05, 0) is 57.4 Å². The van der Waals surface area contributed by atoms with Gasteiger partial charge >= 0.3 is 0 Å². The summed E-state index contributed by atoms with van der Waals surface area (Å²) in [6, 6.07) is 6.75. The summed E-state index contributed by atoms with van der Waals surface area (Å²) < 4.78 is 14.9. The topological polar surface area (TPSA) is 51.0 Å². The molecule has 1 amide bonds. The maximum Gasteiger partial charge on any atom is 0.233 e. The van der Waals surface area contributed by atoms with Crippen LogP contribution < -0.4 is 0 Å². The molecule has 1 aliphatic rings. The second kappa shape index (κ2) is 7.56. The number of rotatable bonds is 4. The molecule has 1 saturated heterocycles. The molecule has 1 fully saturated rings. The molecular formula is C18H23FN4OS. The summed E-state index contributed by atoms with van der Waals surface area (Å²) in [5.41, 5.74) is 0.799. The lowest BCUT2D eigenvalue weighted by molar-refractivity contribution is -0.134. The first-order valence-electron chi connectivity index (χ1n) is 8.56. The molecule has 7 heteroatoms. The van der Waals surface area contributed by atoms with Gasteiger partial charge in [-0.1, -0.05) is 11.8 Å². The lowest BCUT2D eigenvalue weighted by Crippen LogP contribution is -2.48. The Morgan fingerprint density at radius 1 is 1.20 bits per heavy atom. The van der Waals surface area contributed by atoms with Crippen molar-refractivity contribution >= 4 is 17.7 Å². The molecule has 0 N–H and O–H groups in total. The SMILES string of the molecule is C[C@@H]1CCC[C@H](C)N1C(=O)CSc1nnc(-c2ccc(F)cc2)n1C. The molecule has 2 atom stereocenters. The van der Waals surface area contributed by atoms with Gasteiger partial charge in [0.2, 0.25) is 5.91 Å². The Morgan fingerprint density at radius 3 is 2.48 bits per heavy atom. The Morgan fingerprint density at radius 2 is 1.84 bits per heavy atom. The fourth-order valence-electron chi connectivity index (χ4n) is 3.40. The van der Waals surface area contributed by atoms with Crippen molar-refractivity contribution in [3.05, 3.63) is 30.1 Å². The third-order valence-electron chi connectivity index (χ3n) is 4.74. The van der Waals surface area contributed by atoms with Gasteiger partial charge in [0.1, 0.15) is 5.82 Å². The van der Waals surface area contributed by atoms with Gasteiger partial charge in [-0.25, -0.2) is 4.39 Å². The number of benzene rings is 1. The average Bonchev–Trinajstić information content (AvgIpc) is 2.94. The first-order valence-corrected chi connectivity index (χ1v) is 9.55. The number of thioether (sulfide) groups is 1. The van der Waals surface area contributed by atoms with Crippen molar-refractivity contribution < 1.29 is 9.18 Å². The Labute approximate surface area is 151 Å². The Kier molecular flexibility index (Phi) is 5.42. The van der Waals surface area contributed by atoms with E-state index in [9.17, 15) is 9.18 Å². The highest BCUT2D eigenvalue weighted by atomic mass is 32.2. The zero-order valence-corrected chi connectivity index (χ0v) is 15.6. The van der Waals surface area contributed by atoms with Gasteiger partial charge in [0, 0.05) is 24.7 Å². The van der Waals surface area contributed by atoms with Crippen molar-refractivity contribution in [3.63, 3.8) is 0 Å². The molecule has 3 rings (SSSR count). The van der Waals surface area contributed by atoms with E-state index >= 15 is 0 Å². The van der Waals surface area contributed by atoms with E-state index in [-0.39, 0.29) is 11.7 Å². The molecule has 0 unspecified atom stereocenters. The lowest BCUT2D eigenvalue weighted by Gasteiger charge is -2.39. The van der Waals surface area contributed by atoms with Gasteiger partial charge in [0.15, 0.2) is 11.0 Å². The second-order valence-electron chi connectivity index (χ2n) is 6.59. The number of carbonyl (C=O) groups is 1. The quantitative estimate of drug-likeness (QED) is 0.781. The predicted molar refractivity (Wildman–Crippen MR) is 96.7 cm³/mol. The van der Waals surface area contributed by atoms with E-state index < -0.39 is 0 Å². The number of aromatic nitrogens is 3. The number of carbonyl (C=O) groups excluding carboxylic acids is 1. The predicted octanol–water partition coefficient (Wildman–Crippen LogP) is 3.50. The molecule has 0 bridgehead atoms. The average molecular weight is 362 g/mol. The van der Waals surface area contributed by atoms with Gasteiger partial charge in [-0.2, -0.15) is 0 Å². The molecule has 5 nitrogen and oxygen atoms in total. The van der Waals surface area contributed by atoms with Crippen LogP contribution in [0.25, 0.3) is 11.4 Å². The normalized spacial score (nSPS) is 20.7. The lowest BCUT2D eigenvalue weighted by atomic mass is 9.98. The number of halogens is 1. The largest absolute Gasteiger partial charge is 0.337 e. The first-order chi connectivity index (χ1) is 12.0. The number of amides is 1. The molecule has 0 aliphatic carbocycles. The van der Waals surface area contributed by atoms with Crippen LogP contribution in [0.3, 0.4) is 0 Å². The Balaban J connectivity index is 1.68. The van der Waals surface area contributed by atoms with E-state index in [1.165, 1.54) is 30.3 Å². The third-order valence-corrected chi connectivity index (χ3v) is 5.75. The van der Waals surface area contributed by atoms with Crippen molar-refractivity contribution in [3.8, 4) is 11.4 Å². The number of likely N-dealkylation sites (tertiary alicyclic amines) is 1. The van der Waals surface area contributed by atoms with Crippen LogP contribution in [-0.4, -0.2) is 43.4 Å². The summed E-state index contributed by atoms with van der Waals surface area (Å²) in [6.07, 6.45) is 3.32. The molecule has 134 valence electrons. The number of nitrogens with zero attached hydrogens (tertiary/aromatic N) is 4. The molecule has 1 aromatic carbocycles. The first kappa shape index (κ1) is 17.9. The minimum Gasteiger partial charge on any atom is -0.337 e. The molecule has 1 aliphatic heterocycles.